The molecule has 0 saturated heterocycles. The van der Waals surface area contributed by atoms with Crippen molar-refractivity contribution in [2.45, 2.75) is 26.7 Å². The molecule has 1 aromatic carbocycles. The molecule has 0 fully saturated rings. The maximum absolute atomic E-state index is 12.0. The molecule has 1 atom stereocenters. The number of amides is 1. The molecule has 6 nitrogen and oxygen atoms in total. The molecule has 0 aliphatic carbocycles. The summed E-state index contributed by atoms with van der Waals surface area (Å²) in [5.74, 6) is -1.36. The Morgan fingerprint density at radius 3 is 2.77 bits per heavy atom. The van der Waals surface area contributed by atoms with E-state index in [4.69, 9.17) is 0 Å². The highest BCUT2D eigenvalue weighted by Crippen LogP contribution is 2.17. The van der Waals surface area contributed by atoms with Crippen LogP contribution in [-0.2, 0) is 16.0 Å². The van der Waals surface area contributed by atoms with Crippen LogP contribution < -0.4 is 5.32 Å². The first-order valence-electron chi connectivity index (χ1n) is 7.17. The van der Waals surface area contributed by atoms with Crippen LogP contribution in [0.2, 0.25) is 0 Å². The largest absolute Gasteiger partial charge is 0.481 e. The number of nitrogens with zero attached hydrogens (tertiary/aromatic N) is 2. The Bertz CT molecular complexity index is 669. The normalized spacial score (nSPS) is 12.5. The molecular weight excluding hydrogens is 302 g/mol. The van der Waals surface area contributed by atoms with Crippen molar-refractivity contribution in [1.82, 2.24) is 14.1 Å². The molecule has 22 heavy (non-hydrogen) atoms. The van der Waals surface area contributed by atoms with E-state index in [1.807, 2.05) is 32.0 Å². The Balaban J connectivity index is 1.95. The third kappa shape index (κ3) is 4.24. The highest BCUT2D eigenvalue weighted by molar-refractivity contribution is 7.00. The van der Waals surface area contributed by atoms with E-state index in [-0.39, 0.29) is 24.8 Å². The Hall–Kier alpha value is -2.02. The maximum Gasteiger partial charge on any atom is 0.308 e. The molecule has 2 N–H and O–H groups in total. The van der Waals surface area contributed by atoms with E-state index in [0.29, 0.717) is 6.42 Å². The lowest BCUT2D eigenvalue weighted by molar-refractivity contribution is -0.142. The van der Waals surface area contributed by atoms with Crippen LogP contribution in [0.5, 0.6) is 0 Å². The van der Waals surface area contributed by atoms with E-state index in [2.05, 4.69) is 14.1 Å². The van der Waals surface area contributed by atoms with Crippen molar-refractivity contribution in [3.05, 3.63) is 23.8 Å². The topological polar surface area (TPSA) is 92.2 Å². The summed E-state index contributed by atoms with van der Waals surface area (Å²) in [6, 6.07) is 5.53. The summed E-state index contributed by atoms with van der Waals surface area (Å²) < 4.78 is 8.33. The molecule has 0 aliphatic rings. The number of hydrogen-bond donors (Lipinski definition) is 2. The van der Waals surface area contributed by atoms with E-state index in [9.17, 15) is 14.7 Å². The Kier molecular flexibility index (Phi) is 5.43. The molecule has 2 rings (SSSR count). The fraction of sp³-hybridized carbons (Fsp3) is 0.467. The van der Waals surface area contributed by atoms with Gasteiger partial charge in [-0.3, -0.25) is 9.59 Å². The van der Waals surface area contributed by atoms with Crippen LogP contribution in [0, 0.1) is 11.8 Å². The smallest absolute Gasteiger partial charge is 0.308 e. The van der Waals surface area contributed by atoms with Crippen molar-refractivity contribution in [1.29, 1.82) is 0 Å². The number of carboxylic acid groups (broad SMARTS) is 1. The van der Waals surface area contributed by atoms with Gasteiger partial charge >= 0.3 is 5.97 Å². The molecule has 2 aromatic rings. The van der Waals surface area contributed by atoms with Gasteiger partial charge in [0.25, 0.3) is 0 Å². The SMILES string of the molecule is CC(C)CC(CNC(=O)Cc1cccc2nsnc12)C(=O)O. The van der Waals surface area contributed by atoms with E-state index in [1.165, 1.54) is 0 Å². The Morgan fingerprint density at radius 2 is 2.09 bits per heavy atom. The third-order valence-electron chi connectivity index (χ3n) is 3.37. The van der Waals surface area contributed by atoms with Crippen molar-refractivity contribution in [2.24, 2.45) is 11.8 Å². The minimum Gasteiger partial charge on any atom is -0.481 e. The predicted octanol–water partition coefficient (Wildman–Crippen LogP) is 2.10. The van der Waals surface area contributed by atoms with Crippen molar-refractivity contribution in [3.63, 3.8) is 0 Å². The van der Waals surface area contributed by atoms with Crippen molar-refractivity contribution in [2.75, 3.05) is 6.54 Å². The zero-order valence-electron chi connectivity index (χ0n) is 12.6. The van der Waals surface area contributed by atoms with E-state index in [0.717, 1.165) is 28.3 Å². The van der Waals surface area contributed by atoms with Gasteiger partial charge in [-0.2, -0.15) is 8.75 Å². The average Bonchev–Trinajstić information content (AvgIpc) is 2.92. The second-order valence-corrected chi connectivity index (χ2v) is 6.22. The van der Waals surface area contributed by atoms with Gasteiger partial charge in [0.2, 0.25) is 5.91 Å². The van der Waals surface area contributed by atoms with Crippen LogP contribution in [0.4, 0.5) is 0 Å². The minimum absolute atomic E-state index is 0.150. The summed E-state index contributed by atoms with van der Waals surface area (Å²) in [7, 11) is 0. The van der Waals surface area contributed by atoms with Crippen LogP contribution >= 0.6 is 11.7 Å². The molecule has 0 bridgehead atoms. The molecule has 118 valence electrons. The van der Waals surface area contributed by atoms with E-state index < -0.39 is 11.9 Å². The number of aromatic nitrogens is 2. The first-order valence-corrected chi connectivity index (χ1v) is 7.90. The molecule has 0 spiro atoms. The zero-order chi connectivity index (χ0) is 16.1. The maximum atomic E-state index is 12.0. The summed E-state index contributed by atoms with van der Waals surface area (Å²) in [6.07, 6.45) is 0.720. The fourth-order valence-corrected chi connectivity index (χ4v) is 2.89. The van der Waals surface area contributed by atoms with Crippen LogP contribution in [0.1, 0.15) is 25.8 Å². The third-order valence-corrected chi connectivity index (χ3v) is 3.91. The number of nitrogens with one attached hydrogen (secondary N) is 1. The first kappa shape index (κ1) is 16.4. The highest BCUT2D eigenvalue weighted by atomic mass is 32.1. The van der Waals surface area contributed by atoms with Crippen molar-refractivity contribution in [3.8, 4) is 0 Å². The number of rotatable bonds is 7. The van der Waals surface area contributed by atoms with Gasteiger partial charge < -0.3 is 10.4 Å². The number of aliphatic carboxylic acids is 1. The zero-order valence-corrected chi connectivity index (χ0v) is 13.4. The Labute approximate surface area is 132 Å². The molecule has 0 saturated carbocycles. The van der Waals surface area contributed by atoms with E-state index >= 15 is 0 Å². The molecule has 7 heteroatoms. The van der Waals surface area contributed by atoms with Crippen molar-refractivity contribution < 1.29 is 14.7 Å². The van der Waals surface area contributed by atoms with Crippen LogP contribution in [0.25, 0.3) is 11.0 Å². The number of carboxylic acids is 1. The standard InChI is InChI=1S/C15H19N3O3S/c1-9(2)6-11(15(20)21)8-16-13(19)7-10-4-3-5-12-14(10)18-22-17-12/h3-5,9,11H,6-8H2,1-2H3,(H,16,19)(H,20,21). The number of carbonyl (C=O) groups excluding carboxylic acids is 1. The summed E-state index contributed by atoms with van der Waals surface area (Å²) >= 11 is 1.11. The summed E-state index contributed by atoms with van der Waals surface area (Å²) in [6.45, 7) is 4.08. The van der Waals surface area contributed by atoms with Gasteiger partial charge in [-0.05, 0) is 24.0 Å². The van der Waals surface area contributed by atoms with Crippen LogP contribution in [0.3, 0.4) is 0 Å². The minimum atomic E-state index is -0.875. The molecule has 1 amide bonds. The number of carbonyl (C=O) groups is 2. The van der Waals surface area contributed by atoms with Gasteiger partial charge in [-0.1, -0.05) is 26.0 Å². The first-order chi connectivity index (χ1) is 10.5. The molecular formula is C15H19N3O3S. The highest BCUT2D eigenvalue weighted by Gasteiger charge is 2.20. The molecule has 0 radical (unpaired) electrons. The van der Waals surface area contributed by atoms with Gasteiger partial charge in [0.1, 0.15) is 11.0 Å². The monoisotopic (exact) mass is 321 g/mol. The number of hydrogen-bond acceptors (Lipinski definition) is 5. The lowest BCUT2D eigenvalue weighted by Gasteiger charge is -2.15. The molecule has 0 aliphatic heterocycles. The van der Waals surface area contributed by atoms with Gasteiger partial charge in [-0.15, -0.1) is 0 Å². The lowest BCUT2D eigenvalue weighted by Crippen LogP contribution is -2.34. The van der Waals surface area contributed by atoms with Gasteiger partial charge in [0, 0.05) is 6.54 Å². The second-order valence-electron chi connectivity index (χ2n) is 5.69. The van der Waals surface area contributed by atoms with Crippen molar-refractivity contribution >= 4 is 34.6 Å². The second kappa shape index (κ2) is 7.31. The molecule has 1 heterocycles. The quantitative estimate of drug-likeness (QED) is 0.814. The average molecular weight is 321 g/mol. The summed E-state index contributed by atoms with van der Waals surface area (Å²) in [4.78, 5) is 23.2. The van der Waals surface area contributed by atoms with Gasteiger partial charge in [0.15, 0.2) is 0 Å². The summed E-state index contributed by atoms with van der Waals surface area (Å²) in [5, 5.41) is 11.9. The summed E-state index contributed by atoms with van der Waals surface area (Å²) in [5.41, 5.74) is 2.32. The van der Waals surface area contributed by atoms with Crippen LogP contribution in [0.15, 0.2) is 18.2 Å². The number of fused-ring (bicyclic) bond motifs is 1. The fourth-order valence-electron chi connectivity index (χ4n) is 2.32. The van der Waals surface area contributed by atoms with Gasteiger partial charge in [0.05, 0.1) is 24.1 Å². The predicted molar refractivity (Wildman–Crippen MR) is 84.7 cm³/mol. The van der Waals surface area contributed by atoms with Crippen LogP contribution in [-0.4, -0.2) is 32.3 Å². The van der Waals surface area contributed by atoms with Gasteiger partial charge in [-0.25, -0.2) is 0 Å². The Morgan fingerprint density at radius 1 is 1.32 bits per heavy atom. The van der Waals surface area contributed by atoms with E-state index in [1.54, 1.807) is 0 Å². The number of benzene rings is 1. The lowest BCUT2D eigenvalue weighted by atomic mass is 9.97. The molecule has 1 unspecified atom stereocenters. The molecule has 1 aromatic heterocycles.